The van der Waals surface area contributed by atoms with Crippen LogP contribution in [-0.4, -0.2) is 42.0 Å². The number of hydrogen-bond acceptors (Lipinski definition) is 6. The fraction of sp³-hybridized carbons (Fsp3) is 0.591. The van der Waals surface area contributed by atoms with Crippen molar-refractivity contribution in [3.8, 4) is 0 Å². The second kappa shape index (κ2) is 13.1. The second-order valence-electron chi connectivity index (χ2n) is 6.89. The van der Waals surface area contributed by atoms with E-state index in [-0.39, 0.29) is 81.9 Å². The maximum Gasteiger partial charge on any atom is 0.433 e. The second-order valence-corrected chi connectivity index (χ2v) is 6.89. The summed E-state index contributed by atoms with van der Waals surface area (Å²) in [4.78, 5) is 28.7. The maximum atomic E-state index is 13.0. The molecule has 2 unspecified atom stereocenters. The first-order valence-electron chi connectivity index (χ1n) is 9.89. The van der Waals surface area contributed by atoms with Gasteiger partial charge in [0, 0.05) is 44.4 Å². The summed E-state index contributed by atoms with van der Waals surface area (Å²) in [5.41, 5.74) is -1.79. The van der Waals surface area contributed by atoms with Crippen molar-refractivity contribution in [1.29, 1.82) is 0 Å². The largest absolute Gasteiger partial charge is 0.506 e. The number of fused-ring (bicyclic) bond motifs is 2. The van der Waals surface area contributed by atoms with E-state index < -0.39 is 29.2 Å². The summed E-state index contributed by atoms with van der Waals surface area (Å²) in [6.07, 6.45) is -3.07. The smallest absolute Gasteiger partial charge is 0.433 e. The van der Waals surface area contributed by atoms with Crippen LogP contribution in [0.25, 0.3) is 5.76 Å². The minimum atomic E-state index is -4.68. The molecule has 10 heteroatoms. The fourth-order valence-corrected chi connectivity index (χ4v) is 3.65. The van der Waals surface area contributed by atoms with Crippen LogP contribution < -0.4 is 0 Å². The number of rotatable bonds is 6. The summed E-state index contributed by atoms with van der Waals surface area (Å²) in [7, 11) is 2.70. The molecule has 1 N–H and O–H groups in total. The van der Waals surface area contributed by atoms with Gasteiger partial charge in [-0.1, -0.05) is 22.3 Å². The molecule has 0 aromatic carbocycles. The molecular formula is C22H32F3NO5V. The molecule has 32 heavy (non-hydrogen) atoms. The quantitative estimate of drug-likeness (QED) is 0.256. The number of carbonyl (C=O) groups excluding carboxylic acids is 2. The number of pyridine rings is 1. The first-order valence-corrected chi connectivity index (χ1v) is 8.89. The topological polar surface area (TPSA) is 85.7 Å². The summed E-state index contributed by atoms with van der Waals surface area (Å²) in [6.45, 7) is -0.00982. The van der Waals surface area contributed by atoms with E-state index >= 15 is 0 Å². The molecule has 0 saturated heterocycles. The van der Waals surface area contributed by atoms with Gasteiger partial charge >= 0.3 is 6.18 Å². The molecule has 3 rings (SSSR count). The first-order chi connectivity index (χ1) is 14.2. The van der Waals surface area contributed by atoms with Gasteiger partial charge in [0.15, 0.2) is 11.6 Å². The third kappa shape index (κ3) is 6.67. The number of ketones is 2. The van der Waals surface area contributed by atoms with Gasteiger partial charge in [0.1, 0.15) is 17.0 Å². The number of hydrogen-bond donors (Lipinski definition) is 1. The summed E-state index contributed by atoms with van der Waals surface area (Å²) in [5, 5.41) is 10.7. The molecule has 0 aliphatic heterocycles. The van der Waals surface area contributed by atoms with Crippen LogP contribution in [0, 0.1) is 11.8 Å². The first kappa shape index (κ1) is 30.3. The van der Waals surface area contributed by atoms with Gasteiger partial charge in [0.05, 0.1) is 25.5 Å². The molecule has 1 radical (unpaired) electrons. The number of aliphatic hydroxyl groups is 1. The number of methoxy groups -OCH3 is 1. The van der Waals surface area contributed by atoms with Crippen LogP contribution in [0.2, 0.25) is 0 Å². The van der Waals surface area contributed by atoms with Crippen molar-refractivity contribution in [1.82, 2.24) is 4.98 Å². The average Bonchev–Trinajstić information content (AvgIpc) is 3.18. The zero-order valence-electron chi connectivity index (χ0n) is 17.7. The predicted molar refractivity (Wildman–Crippen MR) is 111 cm³/mol. The van der Waals surface area contributed by atoms with Crippen LogP contribution in [0.1, 0.15) is 59.8 Å². The molecule has 0 spiro atoms. The molecule has 1 heterocycles. The number of allylic oxidation sites excluding steroid dienone is 1. The van der Waals surface area contributed by atoms with E-state index in [1.807, 2.05) is 0 Å². The van der Waals surface area contributed by atoms with E-state index in [1.54, 1.807) is 0 Å². The van der Waals surface area contributed by atoms with Gasteiger partial charge in [-0.2, -0.15) is 13.2 Å². The third-order valence-electron chi connectivity index (χ3n) is 5.09. The molecule has 2 bridgehead atoms. The molecule has 6 nitrogen and oxygen atoms in total. The Morgan fingerprint density at radius 2 is 1.72 bits per heavy atom. The van der Waals surface area contributed by atoms with E-state index in [9.17, 15) is 27.9 Å². The minimum Gasteiger partial charge on any atom is -0.506 e. The Hall–Kier alpha value is -1.68. The van der Waals surface area contributed by atoms with E-state index in [1.165, 1.54) is 14.5 Å². The number of aliphatic hydroxyl groups excluding tert-OH is 1. The molecule has 1 aromatic heterocycles. The molecule has 2 fully saturated rings. The van der Waals surface area contributed by atoms with Crippen LogP contribution in [0.15, 0.2) is 17.7 Å². The molecule has 0 amide bonds. The SMILES string of the molecule is C.C.COCCOCc1nc(C(F)(F)F)ccc1C(O)=C1C(=O)C2CCC(C2)C1=O.[3H]C.[V]. The van der Waals surface area contributed by atoms with Crippen LogP contribution >= 0.6 is 0 Å². The number of nitrogens with zero attached hydrogens (tertiary/aromatic N) is 1. The normalized spacial score (nSPS) is 19.5. The number of aromatic nitrogens is 1. The van der Waals surface area contributed by atoms with Crippen molar-refractivity contribution in [2.24, 2.45) is 11.8 Å². The average molecular weight is 500 g/mol. The summed E-state index contributed by atoms with van der Waals surface area (Å²) in [6, 6.07) is 1.72. The molecule has 2 atom stereocenters. The summed E-state index contributed by atoms with van der Waals surface area (Å²) in [5.74, 6) is -2.20. The van der Waals surface area contributed by atoms with E-state index in [0.29, 0.717) is 25.3 Å². The number of halogens is 3. The zero-order valence-corrected chi connectivity index (χ0v) is 18.1. The van der Waals surface area contributed by atoms with Gasteiger partial charge in [-0.05, 0) is 31.4 Å². The fourth-order valence-electron chi connectivity index (χ4n) is 3.65. The van der Waals surface area contributed by atoms with E-state index in [0.717, 1.165) is 6.07 Å². The Morgan fingerprint density at radius 1 is 1.16 bits per heavy atom. The Balaban J connectivity index is 0. The predicted octanol–water partition coefficient (Wildman–Crippen LogP) is 5.01. The van der Waals surface area contributed by atoms with Crippen LogP contribution in [0.4, 0.5) is 13.2 Å². The van der Waals surface area contributed by atoms with Gasteiger partial charge in [-0.25, -0.2) is 4.98 Å². The van der Waals surface area contributed by atoms with Crippen molar-refractivity contribution in [3.05, 3.63) is 34.7 Å². The Morgan fingerprint density at radius 3 is 2.22 bits per heavy atom. The molecule has 181 valence electrons. The molecule has 2 saturated carbocycles. The Kier molecular flexibility index (Phi) is 12.4. The number of carbonyl (C=O) groups is 2. The van der Waals surface area contributed by atoms with Gasteiger partial charge in [0.25, 0.3) is 0 Å². The van der Waals surface area contributed by atoms with Crippen LogP contribution in [0.3, 0.4) is 0 Å². The standard InChI is InChI=1S/C19H20F3NO5.3CH4.V/c1-27-6-7-28-9-13-12(4-5-14(23-13)19(20,21)22)18(26)15-16(24)10-2-3-11(8-10)17(15)25;;;;/h4-5,10-11,26H,2-3,6-9H2,1H3;3*1H4;/i;1T;;;. The van der Waals surface area contributed by atoms with Crippen molar-refractivity contribution < 1.29 is 57.3 Å². The maximum absolute atomic E-state index is 13.0. The summed E-state index contributed by atoms with van der Waals surface area (Å²) < 4.78 is 54.9. The van der Waals surface area contributed by atoms with Gasteiger partial charge < -0.3 is 14.6 Å². The molecule has 2 aliphatic carbocycles. The Bertz CT molecular complexity index is 809. The van der Waals surface area contributed by atoms with E-state index in [2.05, 4.69) is 4.98 Å². The number of Topliss-reactive ketones (excluding diaryl/α,β-unsaturated/α-hetero) is 2. The minimum absolute atomic E-state index is 0. The van der Waals surface area contributed by atoms with Crippen molar-refractivity contribution in [2.75, 3.05) is 20.3 Å². The zero-order chi connectivity index (χ0) is 22.5. The van der Waals surface area contributed by atoms with Crippen molar-refractivity contribution in [3.63, 3.8) is 0 Å². The van der Waals surface area contributed by atoms with Crippen molar-refractivity contribution in [2.45, 2.75) is 54.3 Å². The third-order valence-corrected chi connectivity index (χ3v) is 5.09. The summed E-state index contributed by atoms with van der Waals surface area (Å²) >= 11 is 0. The monoisotopic (exact) mass is 500 g/mol. The van der Waals surface area contributed by atoms with Gasteiger partial charge in [-0.3, -0.25) is 9.59 Å². The molecular weight excluding hydrogens is 466 g/mol. The van der Waals surface area contributed by atoms with Crippen LogP contribution in [0.5, 0.6) is 0 Å². The number of alkyl halides is 3. The van der Waals surface area contributed by atoms with Gasteiger partial charge in [-0.15, -0.1) is 0 Å². The molecule has 2 aliphatic rings. The van der Waals surface area contributed by atoms with Crippen molar-refractivity contribution >= 4 is 17.3 Å². The molecule has 1 aromatic rings. The Labute approximate surface area is 200 Å². The van der Waals surface area contributed by atoms with Crippen LogP contribution in [-0.2, 0) is 50.4 Å². The van der Waals surface area contributed by atoms with E-state index in [4.69, 9.17) is 10.8 Å². The number of ether oxygens (including phenoxy) is 2. The van der Waals surface area contributed by atoms with Gasteiger partial charge in [0.2, 0.25) is 0 Å².